The van der Waals surface area contributed by atoms with E-state index in [1.807, 2.05) is 65.0 Å². The highest BCUT2D eigenvalue weighted by molar-refractivity contribution is 5.83. The molecule has 0 aromatic heterocycles. The fourth-order valence-corrected chi connectivity index (χ4v) is 4.78. The van der Waals surface area contributed by atoms with Crippen molar-refractivity contribution in [2.75, 3.05) is 32.7 Å². The minimum Gasteiger partial charge on any atom is -0.444 e. The number of nitrogens with one attached hydrogen (secondary N) is 1. The molecule has 1 aromatic rings. The molecule has 1 aliphatic heterocycles. The smallest absolute Gasteiger partial charge is 0.410 e. The van der Waals surface area contributed by atoms with E-state index in [0.717, 1.165) is 31.5 Å². The molecular formula is C31H52N4O5. The highest BCUT2D eigenvalue weighted by Crippen LogP contribution is 2.23. The first-order valence-electron chi connectivity index (χ1n) is 14.6. The van der Waals surface area contributed by atoms with Crippen LogP contribution in [0, 0.1) is 11.3 Å². The Morgan fingerprint density at radius 2 is 1.60 bits per heavy atom. The Hall–Kier alpha value is -2.65. The van der Waals surface area contributed by atoms with Crippen LogP contribution in [0.15, 0.2) is 30.3 Å². The van der Waals surface area contributed by atoms with E-state index >= 15 is 0 Å². The number of amides is 3. The lowest BCUT2D eigenvalue weighted by Gasteiger charge is -2.38. The van der Waals surface area contributed by atoms with Gasteiger partial charge in [-0.1, -0.05) is 65.0 Å². The Morgan fingerprint density at radius 1 is 1.00 bits per heavy atom. The topological polar surface area (TPSA) is 102 Å². The largest absolute Gasteiger partial charge is 0.444 e. The summed E-state index contributed by atoms with van der Waals surface area (Å²) in [5, 5.41) is 13.0. The average Bonchev–Trinajstić information content (AvgIpc) is 3.31. The predicted octanol–water partition coefficient (Wildman–Crippen LogP) is 4.24. The van der Waals surface area contributed by atoms with E-state index in [1.54, 1.807) is 20.8 Å². The first kappa shape index (κ1) is 33.6. The summed E-state index contributed by atoms with van der Waals surface area (Å²) in [5.41, 5.74) is 2.73. The van der Waals surface area contributed by atoms with Gasteiger partial charge in [-0.15, -0.1) is 0 Å². The molecule has 40 heavy (non-hydrogen) atoms. The number of hydrogen-bond acceptors (Lipinski definition) is 6. The van der Waals surface area contributed by atoms with Crippen molar-refractivity contribution in [2.45, 2.75) is 98.8 Å². The number of aliphatic hydroxyl groups is 1. The third kappa shape index (κ3) is 12.3. The summed E-state index contributed by atoms with van der Waals surface area (Å²) < 4.78 is 5.63. The predicted molar refractivity (Wildman–Crippen MR) is 157 cm³/mol. The van der Waals surface area contributed by atoms with Crippen LogP contribution in [0.1, 0.15) is 80.2 Å². The average molecular weight is 561 g/mol. The molecular weight excluding hydrogens is 508 g/mol. The van der Waals surface area contributed by atoms with Gasteiger partial charge in [-0.05, 0) is 70.0 Å². The highest BCUT2D eigenvalue weighted by atomic mass is 16.6. The second-order valence-corrected chi connectivity index (χ2v) is 13.6. The number of likely N-dealkylation sites (tertiary alicyclic amines) is 1. The molecule has 1 fully saturated rings. The normalized spacial score (nSPS) is 15.9. The van der Waals surface area contributed by atoms with Crippen molar-refractivity contribution in [3.63, 3.8) is 0 Å². The Balaban J connectivity index is 2.41. The zero-order valence-electron chi connectivity index (χ0n) is 25.9. The molecule has 1 heterocycles. The SMILES string of the molecule is CC(C)CN(C[C@H](O)C(Cc1ccccc1)N(NC(=O)CN1CCCC1)C(=O)CC(C)(C)C)C(=O)OC(C)(C)C. The molecule has 0 spiro atoms. The highest BCUT2D eigenvalue weighted by Gasteiger charge is 2.36. The molecule has 0 saturated carbocycles. The van der Waals surface area contributed by atoms with E-state index in [-0.39, 0.29) is 42.7 Å². The summed E-state index contributed by atoms with van der Waals surface area (Å²) in [4.78, 5) is 43.6. The van der Waals surface area contributed by atoms with E-state index in [0.29, 0.717) is 13.0 Å². The van der Waals surface area contributed by atoms with Crippen molar-refractivity contribution in [2.24, 2.45) is 11.3 Å². The van der Waals surface area contributed by atoms with Crippen LogP contribution in [0.2, 0.25) is 0 Å². The molecule has 2 rings (SSSR count). The fourth-order valence-electron chi connectivity index (χ4n) is 4.78. The molecule has 2 N–H and O–H groups in total. The van der Waals surface area contributed by atoms with Gasteiger partial charge in [-0.2, -0.15) is 0 Å². The quantitative estimate of drug-likeness (QED) is 0.393. The van der Waals surface area contributed by atoms with Gasteiger partial charge < -0.3 is 14.7 Å². The molecule has 226 valence electrons. The zero-order chi connectivity index (χ0) is 30.1. The summed E-state index contributed by atoms with van der Waals surface area (Å²) in [6.07, 6.45) is 0.895. The number of benzene rings is 1. The number of carbonyl (C=O) groups excluding carboxylic acids is 3. The lowest BCUT2D eigenvalue weighted by Crippen LogP contribution is -2.60. The number of hydrazine groups is 1. The third-order valence-corrected chi connectivity index (χ3v) is 6.47. The lowest BCUT2D eigenvalue weighted by molar-refractivity contribution is -0.150. The number of carbonyl (C=O) groups is 3. The van der Waals surface area contributed by atoms with E-state index in [9.17, 15) is 19.5 Å². The molecule has 1 aliphatic rings. The molecule has 0 bridgehead atoms. The number of nitrogens with zero attached hydrogens (tertiary/aromatic N) is 3. The molecule has 1 aromatic carbocycles. The standard InChI is InChI=1S/C31H52N4O5/c1-23(2)20-34(29(39)40-31(6,7)8)21-26(36)25(18-24-14-10-9-11-15-24)35(28(38)19-30(3,4)5)32-27(37)22-33-16-12-13-17-33/h9-11,14-15,23,25-26,36H,12-13,16-22H2,1-8H3,(H,32,37)/t25?,26-/m0/s1. The van der Waals surface area contributed by atoms with E-state index in [4.69, 9.17) is 4.74 Å². The maximum absolute atomic E-state index is 13.7. The third-order valence-electron chi connectivity index (χ3n) is 6.47. The van der Waals surface area contributed by atoms with Crippen molar-refractivity contribution < 1.29 is 24.2 Å². The van der Waals surface area contributed by atoms with E-state index in [2.05, 4.69) is 10.3 Å². The number of rotatable bonds is 11. The van der Waals surface area contributed by atoms with Gasteiger partial charge >= 0.3 is 6.09 Å². The summed E-state index contributed by atoms with van der Waals surface area (Å²) in [5.74, 6) is -0.443. The Labute approximate surface area is 241 Å². The van der Waals surface area contributed by atoms with Gasteiger partial charge in [0.2, 0.25) is 5.91 Å². The molecule has 0 aliphatic carbocycles. The molecule has 2 atom stereocenters. The van der Waals surface area contributed by atoms with Crippen LogP contribution in [0.5, 0.6) is 0 Å². The zero-order valence-corrected chi connectivity index (χ0v) is 25.9. The van der Waals surface area contributed by atoms with Crippen LogP contribution in [0.25, 0.3) is 0 Å². The van der Waals surface area contributed by atoms with Crippen molar-refractivity contribution in [3.8, 4) is 0 Å². The van der Waals surface area contributed by atoms with Gasteiger partial charge in [0.25, 0.3) is 5.91 Å². The van der Waals surface area contributed by atoms with Crippen LogP contribution in [-0.2, 0) is 20.7 Å². The molecule has 1 saturated heterocycles. The van der Waals surface area contributed by atoms with E-state index < -0.39 is 23.8 Å². The van der Waals surface area contributed by atoms with Gasteiger partial charge in [-0.3, -0.25) is 19.9 Å². The monoisotopic (exact) mass is 560 g/mol. The Bertz CT molecular complexity index is 949. The number of ether oxygens (including phenoxy) is 1. The van der Waals surface area contributed by atoms with Crippen molar-refractivity contribution in [1.29, 1.82) is 0 Å². The maximum atomic E-state index is 13.7. The molecule has 0 radical (unpaired) electrons. The van der Waals surface area contributed by atoms with Crippen LogP contribution in [0.4, 0.5) is 4.79 Å². The minimum absolute atomic E-state index is 0.0497. The molecule has 3 amide bonds. The van der Waals surface area contributed by atoms with Gasteiger partial charge in [-0.25, -0.2) is 9.80 Å². The molecule has 9 heteroatoms. The maximum Gasteiger partial charge on any atom is 0.410 e. The van der Waals surface area contributed by atoms with Crippen molar-refractivity contribution >= 4 is 17.9 Å². The summed E-state index contributed by atoms with van der Waals surface area (Å²) in [6.45, 7) is 17.5. The van der Waals surface area contributed by atoms with Crippen LogP contribution < -0.4 is 5.43 Å². The van der Waals surface area contributed by atoms with Gasteiger partial charge in [0.1, 0.15) is 5.60 Å². The summed E-state index contributed by atoms with van der Waals surface area (Å²) in [6, 6.07) is 8.75. The second-order valence-electron chi connectivity index (χ2n) is 13.6. The number of hydrogen-bond donors (Lipinski definition) is 2. The minimum atomic E-state index is -1.15. The van der Waals surface area contributed by atoms with Crippen LogP contribution >= 0.6 is 0 Å². The number of aliphatic hydroxyl groups excluding tert-OH is 1. The summed E-state index contributed by atoms with van der Waals surface area (Å²) in [7, 11) is 0. The fraction of sp³-hybridized carbons (Fsp3) is 0.710. The van der Waals surface area contributed by atoms with E-state index in [1.165, 1.54) is 9.91 Å². The Kier molecular flexibility index (Phi) is 12.4. The van der Waals surface area contributed by atoms with Gasteiger partial charge in [0, 0.05) is 13.0 Å². The first-order valence-corrected chi connectivity index (χ1v) is 14.6. The van der Waals surface area contributed by atoms with Crippen LogP contribution in [0.3, 0.4) is 0 Å². The second kappa shape index (κ2) is 14.8. The first-order chi connectivity index (χ1) is 18.5. The Morgan fingerprint density at radius 3 is 2.12 bits per heavy atom. The van der Waals surface area contributed by atoms with Gasteiger partial charge in [0.15, 0.2) is 0 Å². The summed E-state index contributed by atoms with van der Waals surface area (Å²) >= 11 is 0. The van der Waals surface area contributed by atoms with Crippen molar-refractivity contribution in [1.82, 2.24) is 20.2 Å². The molecule has 9 nitrogen and oxygen atoms in total. The van der Waals surface area contributed by atoms with Gasteiger partial charge in [0.05, 0.1) is 25.2 Å². The lowest BCUT2D eigenvalue weighted by atomic mass is 9.91. The van der Waals surface area contributed by atoms with Crippen LogP contribution in [-0.4, -0.2) is 88.3 Å². The molecule has 1 unspecified atom stereocenters. The van der Waals surface area contributed by atoms with Crippen molar-refractivity contribution in [3.05, 3.63) is 35.9 Å².